The molecule has 16 heavy (non-hydrogen) atoms. The summed E-state index contributed by atoms with van der Waals surface area (Å²) in [5.74, 6) is 0. The first-order valence-corrected chi connectivity index (χ1v) is 5.14. The predicted octanol–water partition coefficient (Wildman–Crippen LogP) is 4.25. The minimum Gasteiger partial charge on any atom is -0.259 e. The summed E-state index contributed by atoms with van der Waals surface area (Å²) in [5, 5.41) is 0. The van der Waals surface area contributed by atoms with Crippen LogP contribution >= 0.6 is 0 Å². The van der Waals surface area contributed by atoms with E-state index in [1.165, 1.54) is 0 Å². The summed E-state index contributed by atoms with van der Waals surface area (Å²) in [6, 6.07) is 4.01. The number of hydrogen-bond donors (Lipinski definition) is 0. The first-order chi connectivity index (χ1) is 7.74. The Hall–Kier alpha value is -1.96. The van der Waals surface area contributed by atoms with Gasteiger partial charge < -0.3 is 0 Å². The predicted molar refractivity (Wildman–Crippen MR) is 73.4 cm³/mol. The quantitative estimate of drug-likeness (QED) is 0.667. The summed E-state index contributed by atoms with van der Waals surface area (Å²) in [5.41, 5.74) is 3.80. The molecule has 0 aromatic heterocycles. The lowest BCUT2D eigenvalue weighted by atomic mass is 10.1. The maximum Gasteiger partial charge on any atom is 0.0956 e. The van der Waals surface area contributed by atoms with E-state index in [1.54, 1.807) is 24.6 Å². The van der Waals surface area contributed by atoms with E-state index in [-0.39, 0.29) is 0 Å². The van der Waals surface area contributed by atoms with Gasteiger partial charge in [-0.25, -0.2) is 0 Å². The Morgan fingerprint density at radius 1 is 1.12 bits per heavy atom. The molecule has 0 saturated heterocycles. The molecule has 1 rings (SSSR count). The third kappa shape index (κ3) is 2.54. The lowest BCUT2D eigenvalue weighted by Crippen LogP contribution is -1.82. The average Bonchev–Trinajstić information content (AvgIpc) is 2.29. The summed E-state index contributed by atoms with van der Waals surface area (Å²) in [4.78, 5) is 8.69. The highest BCUT2D eigenvalue weighted by Gasteiger charge is 2.06. The van der Waals surface area contributed by atoms with Crippen LogP contribution in [0.25, 0.3) is 6.08 Å². The van der Waals surface area contributed by atoms with Gasteiger partial charge in [-0.1, -0.05) is 37.4 Å². The van der Waals surface area contributed by atoms with Crippen LogP contribution in [0.4, 0.5) is 11.4 Å². The zero-order valence-electron chi connectivity index (χ0n) is 9.77. The molecule has 2 nitrogen and oxygen atoms in total. The molecule has 0 aliphatic rings. The zero-order valence-corrected chi connectivity index (χ0v) is 9.77. The molecule has 0 heterocycles. The van der Waals surface area contributed by atoms with E-state index in [0.29, 0.717) is 0 Å². The Balaban J connectivity index is 3.46. The first kappa shape index (κ1) is 12.1. The van der Waals surface area contributed by atoms with Gasteiger partial charge in [0.1, 0.15) is 0 Å². The molecule has 0 radical (unpaired) electrons. The second-order valence-corrected chi connectivity index (χ2v) is 3.27. The van der Waals surface area contributed by atoms with Crippen LogP contribution in [0.1, 0.15) is 18.1 Å². The number of rotatable bonds is 4. The molecule has 82 valence electrons. The normalized spacial score (nSPS) is 11.1. The fourth-order valence-electron chi connectivity index (χ4n) is 1.42. The van der Waals surface area contributed by atoms with Crippen molar-refractivity contribution in [2.24, 2.45) is 9.98 Å². The van der Waals surface area contributed by atoms with E-state index in [0.717, 1.165) is 22.5 Å². The van der Waals surface area contributed by atoms with Gasteiger partial charge in [-0.05, 0) is 19.4 Å². The highest BCUT2D eigenvalue weighted by Crippen LogP contribution is 2.35. The van der Waals surface area contributed by atoms with E-state index in [1.807, 2.05) is 26.0 Å². The third-order valence-electron chi connectivity index (χ3n) is 2.17. The van der Waals surface area contributed by atoms with Crippen LogP contribution in [0.2, 0.25) is 0 Å². The minimum absolute atomic E-state index is 0.857. The first-order valence-electron chi connectivity index (χ1n) is 5.14. The van der Waals surface area contributed by atoms with Crippen LogP contribution in [0.5, 0.6) is 0 Å². The maximum atomic E-state index is 4.35. The van der Waals surface area contributed by atoms with E-state index in [2.05, 4.69) is 23.1 Å². The smallest absolute Gasteiger partial charge is 0.0956 e. The van der Waals surface area contributed by atoms with Gasteiger partial charge in [-0.2, -0.15) is 0 Å². The molecular weight excluding hydrogens is 196 g/mol. The maximum absolute atomic E-state index is 4.35. The number of aryl methyl sites for hydroxylation is 1. The minimum atomic E-state index is 0.857. The third-order valence-corrected chi connectivity index (χ3v) is 2.17. The Labute approximate surface area is 96.8 Å². The van der Waals surface area contributed by atoms with Crippen molar-refractivity contribution in [3.05, 3.63) is 42.5 Å². The van der Waals surface area contributed by atoms with Crippen LogP contribution in [-0.2, 0) is 0 Å². The summed E-state index contributed by atoms with van der Waals surface area (Å²) in [7, 11) is 0. The fraction of sp³-hybridized carbons (Fsp3) is 0.143. The summed E-state index contributed by atoms with van der Waals surface area (Å²) >= 11 is 0. The van der Waals surface area contributed by atoms with Crippen molar-refractivity contribution in [2.75, 3.05) is 0 Å². The molecule has 0 aliphatic heterocycles. The van der Waals surface area contributed by atoms with Gasteiger partial charge in [0.2, 0.25) is 0 Å². The van der Waals surface area contributed by atoms with Crippen molar-refractivity contribution in [1.82, 2.24) is 0 Å². The number of benzene rings is 1. The van der Waals surface area contributed by atoms with Crippen LogP contribution in [0.15, 0.2) is 41.4 Å². The van der Waals surface area contributed by atoms with Crippen molar-refractivity contribution in [3.63, 3.8) is 0 Å². The van der Waals surface area contributed by atoms with Crippen molar-refractivity contribution in [2.45, 2.75) is 13.8 Å². The second kappa shape index (κ2) is 5.81. The monoisotopic (exact) mass is 212 g/mol. The molecule has 0 atom stereocenters. The number of aliphatic imine (C=N–C) groups is 2. The largest absolute Gasteiger partial charge is 0.259 e. The van der Waals surface area contributed by atoms with E-state index >= 15 is 0 Å². The van der Waals surface area contributed by atoms with Gasteiger partial charge in [0.15, 0.2) is 0 Å². The van der Waals surface area contributed by atoms with Crippen molar-refractivity contribution in [1.29, 1.82) is 0 Å². The second-order valence-electron chi connectivity index (χ2n) is 3.27. The molecule has 0 N–H and O–H groups in total. The number of nitrogens with zero attached hydrogens (tertiary/aromatic N) is 2. The molecule has 0 fully saturated rings. The molecule has 1 aromatic carbocycles. The molecule has 1 aromatic rings. The van der Waals surface area contributed by atoms with Crippen LogP contribution in [-0.4, -0.2) is 12.4 Å². The van der Waals surface area contributed by atoms with Crippen LogP contribution in [0, 0.1) is 6.92 Å². The van der Waals surface area contributed by atoms with Gasteiger partial charge in [-0.3, -0.25) is 9.98 Å². The molecule has 2 heteroatoms. The summed E-state index contributed by atoms with van der Waals surface area (Å²) in [6.07, 6.45) is 6.87. The highest BCUT2D eigenvalue weighted by atomic mass is 14.8. The van der Waals surface area contributed by atoms with E-state index in [4.69, 9.17) is 0 Å². The molecule has 0 unspecified atom stereocenters. The Morgan fingerprint density at radius 2 is 1.88 bits per heavy atom. The summed E-state index contributed by atoms with van der Waals surface area (Å²) < 4.78 is 0. The Kier molecular flexibility index (Phi) is 4.40. The topological polar surface area (TPSA) is 24.7 Å². The van der Waals surface area contributed by atoms with Gasteiger partial charge >= 0.3 is 0 Å². The van der Waals surface area contributed by atoms with Crippen molar-refractivity contribution >= 4 is 29.9 Å². The molecule has 0 aliphatic carbocycles. The SMILES string of the molecule is C=CC=Nc1c(C)ccc(C=C)c1N=CC. The number of allylic oxidation sites excluding steroid dienone is 1. The lowest BCUT2D eigenvalue weighted by molar-refractivity contribution is 1.36. The van der Waals surface area contributed by atoms with E-state index < -0.39 is 0 Å². The van der Waals surface area contributed by atoms with Crippen molar-refractivity contribution < 1.29 is 0 Å². The number of hydrogen-bond acceptors (Lipinski definition) is 2. The van der Waals surface area contributed by atoms with Crippen LogP contribution in [0.3, 0.4) is 0 Å². The average molecular weight is 212 g/mol. The van der Waals surface area contributed by atoms with Gasteiger partial charge in [-0.15, -0.1) is 0 Å². The highest BCUT2D eigenvalue weighted by molar-refractivity contribution is 5.84. The lowest BCUT2D eigenvalue weighted by Gasteiger charge is -2.07. The zero-order chi connectivity index (χ0) is 12.0. The molecule has 0 bridgehead atoms. The van der Waals surface area contributed by atoms with Crippen LogP contribution < -0.4 is 0 Å². The van der Waals surface area contributed by atoms with E-state index in [9.17, 15) is 0 Å². The molecule has 0 spiro atoms. The standard InChI is InChI=1S/C14H16N2/c1-5-10-16-13-11(4)8-9-12(6-2)14(13)15-7-3/h5-10H,1-2H2,3-4H3. The van der Waals surface area contributed by atoms with Gasteiger partial charge in [0.05, 0.1) is 11.4 Å². The Morgan fingerprint density at radius 3 is 2.44 bits per heavy atom. The van der Waals surface area contributed by atoms with Gasteiger partial charge in [0.25, 0.3) is 0 Å². The molecular formula is C14H16N2. The Bertz CT molecular complexity index is 454. The molecule has 0 amide bonds. The fourth-order valence-corrected chi connectivity index (χ4v) is 1.42. The van der Waals surface area contributed by atoms with Crippen molar-refractivity contribution in [3.8, 4) is 0 Å². The van der Waals surface area contributed by atoms with Gasteiger partial charge in [0, 0.05) is 18.0 Å². The molecule has 0 saturated carbocycles. The summed E-state index contributed by atoms with van der Waals surface area (Å²) in [6.45, 7) is 11.3.